The molecule has 0 saturated heterocycles. The molecule has 0 unspecified atom stereocenters. The minimum Gasteiger partial charge on any atom is -0.493 e. The van der Waals surface area contributed by atoms with Crippen molar-refractivity contribution in [2.75, 3.05) is 6.61 Å². The van der Waals surface area contributed by atoms with E-state index in [1.54, 1.807) is 18.2 Å². The predicted molar refractivity (Wildman–Crippen MR) is 60.8 cm³/mol. The SMILES string of the molecule is CC(C)CCCOc1ccccc1[C]=O. The van der Waals surface area contributed by atoms with Crippen LogP contribution in [0.5, 0.6) is 5.75 Å². The molecule has 0 bridgehead atoms. The molecule has 1 aromatic rings. The highest BCUT2D eigenvalue weighted by Crippen LogP contribution is 2.16. The van der Waals surface area contributed by atoms with Crippen LogP contribution in [0.3, 0.4) is 0 Å². The van der Waals surface area contributed by atoms with Crippen molar-refractivity contribution in [3.8, 4) is 5.75 Å². The van der Waals surface area contributed by atoms with Crippen LogP contribution < -0.4 is 4.74 Å². The molecule has 15 heavy (non-hydrogen) atoms. The standard InChI is InChI=1S/C13H17O2/c1-11(2)6-5-9-15-13-8-4-3-7-12(13)10-14/h3-4,7-8,11H,5-6,9H2,1-2H3. The van der Waals surface area contributed by atoms with E-state index in [1.165, 1.54) is 0 Å². The smallest absolute Gasteiger partial charge is 0.237 e. The summed E-state index contributed by atoms with van der Waals surface area (Å²) in [6, 6.07) is 7.18. The van der Waals surface area contributed by atoms with Crippen molar-refractivity contribution in [2.24, 2.45) is 5.92 Å². The number of rotatable bonds is 6. The summed E-state index contributed by atoms with van der Waals surface area (Å²) in [5.41, 5.74) is 0.502. The second-order valence-electron chi connectivity index (χ2n) is 3.98. The molecule has 0 aliphatic rings. The van der Waals surface area contributed by atoms with Crippen molar-refractivity contribution in [1.29, 1.82) is 0 Å². The van der Waals surface area contributed by atoms with E-state index in [1.807, 2.05) is 12.4 Å². The second kappa shape index (κ2) is 6.23. The number of para-hydroxylation sites is 1. The lowest BCUT2D eigenvalue weighted by Crippen LogP contribution is -2.01. The third-order valence-electron chi connectivity index (χ3n) is 2.18. The van der Waals surface area contributed by atoms with Gasteiger partial charge in [0.15, 0.2) is 0 Å². The van der Waals surface area contributed by atoms with E-state index < -0.39 is 0 Å². The highest BCUT2D eigenvalue weighted by Gasteiger charge is 2.02. The first-order valence-corrected chi connectivity index (χ1v) is 5.34. The summed E-state index contributed by atoms with van der Waals surface area (Å²) in [6.07, 6.45) is 4.03. The Labute approximate surface area is 91.3 Å². The third kappa shape index (κ3) is 4.15. The maximum absolute atomic E-state index is 10.6. The van der Waals surface area contributed by atoms with Crippen LogP contribution in [-0.2, 0) is 4.79 Å². The number of hydrogen-bond donors (Lipinski definition) is 0. The fourth-order valence-corrected chi connectivity index (χ4v) is 1.35. The number of ether oxygens (including phenoxy) is 1. The van der Waals surface area contributed by atoms with Crippen molar-refractivity contribution in [3.63, 3.8) is 0 Å². The molecule has 0 N–H and O–H groups in total. The Bertz CT molecular complexity index is 305. The summed E-state index contributed by atoms with van der Waals surface area (Å²) < 4.78 is 5.52. The van der Waals surface area contributed by atoms with Crippen LogP contribution in [0.1, 0.15) is 32.3 Å². The Morgan fingerprint density at radius 2 is 2.07 bits per heavy atom. The van der Waals surface area contributed by atoms with Crippen LogP contribution in [0.15, 0.2) is 24.3 Å². The van der Waals surface area contributed by atoms with Gasteiger partial charge in [-0.05, 0) is 30.9 Å². The molecule has 0 atom stereocenters. The number of benzene rings is 1. The lowest BCUT2D eigenvalue weighted by atomic mass is 10.1. The Balaban J connectivity index is 2.40. The highest BCUT2D eigenvalue weighted by atomic mass is 16.5. The lowest BCUT2D eigenvalue weighted by Gasteiger charge is -2.08. The van der Waals surface area contributed by atoms with Gasteiger partial charge in [-0.3, -0.25) is 4.79 Å². The van der Waals surface area contributed by atoms with Gasteiger partial charge < -0.3 is 4.74 Å². The summed E-state index contributed by atoms with van der Waals surface area (Å²) in [6.45, 7) is 5.04. The number of carbonyl (C=O) groups excluding carboxylic acids is 1. The van der Waals surface area contributed by atoms with Crippen molar-refractivity contribution in [3.05, 3.63) is 29.8 Å². The molecule has 0 amide bonds. The average Bonchev–Trinajstić information content (AvgIpc) is 2.24. The molecule has 2 nitrogen and oxygen atoms in total. The highest BCUT2D eigenvalue weighted by molar-refractivity contribution is 5.79. The predicted octanol–water partition coefficient (Wildman–Crippen LogP) is 2.96. The van der Waals surface area contributed by atoms with Gasteiger partial charge in [0.2, 0.25) is 6.29 Å². The monoisotopic (exact) mass is 205 g/mol. The molecule has 1 aromatic carbocycles. The van der Waals surface area contributed by atoms with Gasteiger partial charge in [0.05, 0.1) is 12.2 Å². The molecule has 1 rings (SSSR count). The van der Waals surface area contributed by atoms with Crippen LogP contribution >= 0.6 is 0 Å². The molecule has 0 aliphatic heterocycles. The van der Waals surface area contributed by atoms with E-state index in [2.05, 4.69) is 13.8 Å². The van der Waals surface area contributed by atoms with E-state index in [-0.39, 0.29) is 0 Å². The third-order valence-corrected chi connectivity index (χ3v) is 2.18. The normalized spacial score (nSPS) is 10.3. The largest absolute Gasteiger partial charge is 0.493 e. The molecular weight excluding hydrogens is 188 g/mol. The first-order chi connectivity index (χ1) is 7.24. The summed E-state index contributed by atoms with van der Waals surface area (Å²) in [7, 11) is 0. The van der Waals surface area contributed by atoms with Crippen LogP contribution in [0.4, 0.5) is 0 Å². The second-order valence-corrected chi connectivity index (χ2v) is 3.98. The van der Waals surface area contributed by atoms with Gasteiger partial charge in [0.25, 0.3) is 0 Å². The molecule has 0 spiro atoms. The lowest BCUT2D eigenvalue weighted by molar-refractivity contribution is 0.297. The Morgan fingerprint density at radius 1 is 1.33 bits per heavy atom. The van der Waals surface area contributed by atoms with Gasteiger partial charge in [0.1, 0.15) is 5.75 Å². The maximum atomic E-state index is 10.6. The van der Waals surface area contributed by atoms with Crippen LogP contribution in [0.25, 0.3) is 0 Å². The summed E-state index contributed by atoms with van der Waals surface area (Å²) in [5.74, 6) is 1.33. The summed E-state index contributed by atoms with van der Waals surface area (Å²) in [5, 5.41) is 0. The minimum atomic E-state index is 0.502. The van der Waals surface area contributed by atoms with E-state index >= 15 is 0 Å². The summed E-state index contributed by atoms with van der Waals surface area (Å²) in [4.78, 5) is 10.6. The zero-order valence-electron chi connectivity index (χ0n) is 9.32. The van der Waals surface area contributed by atoms with Gasteiger partial charge in [-0.25, -0.2) is 0 Å². The van der Waals surface area contributed by atoms with Gasteiger partial charge in [0, 0.05) is 0 Å². The van der Waals surface area contributed by atoms with Gasteiger partial charge >= 0.3 is 0 Å². The van der Waals surface area contributed by atoms with E-state index in [0.717, 1.165) is 12.8 Å². The average molecular weight is 205 g/mol. The van der Waals surface area contributed by atoms with E-state index in [4.69, 9.17) is 4.74 Å². The molecule has 2 heteroatoms. The first-order valence-electron chi connectivity index (χ1n) is 5.34. The molecule has 0 fully saturated rings. The molecule has 0 aromatic heterocycles. The number of hydrogen-bond acceptors (Lipinski definition) is 2. The Hall–Kier alpha value is -1.31. The molecule has 0 heterocycles. The van der Waals surface area contributed by atoms with Crippen LogP contribution in [-0.4, -0.2) is 12.9 Å². The molecular formula is C13H17O2. The molecule has 0 aliphatic carbocycles. The quantitative estimate of drug-likeness (QED) is 0.667. The topological polar surface area (TPSA) is 26.3 Å². The minimum absolute atomic E-state index is 0.502. The first kappa shape index (κ1) is 11.8. The van der Waals surface area contributed by atoms with Crippen LogP contribution in [0, 0.1) is 5.92 Å². The van der Waals surface area contributed by atoms with Crippen LogP contribution in [0.2, 0.25) is 0 Å². The van der Waals surface area contributed by atoms with Gasteiger partial charge in [-0.15, -0.1) is 0 Å². The van der Waals surface area contributed by atoms with E-state index in [9.17, 15) is 4.79 Å². The van der Waals surface area contributed by atoms with Gasteiger partial charge in [-0.1, -0.05) is 26.0 Å². The molecule has 0 saturated carbocycles. The molecule has 81 valence electrons. The van der Waals surface area contributed by atoms with Crippen molar-refractivity contribution >= 4 is 6.29 Å². The zero-order chi connectivity index (χ0) is 11.1. The molecule has 1 radical (unpaired) electrons. The zero-order valence-corrected chi connectivity index (χ0v) is 9.32. The fraction of sp³-hybridized carbons (Fsp3) is 0.462. The Morgan fingerprint density at radius 3 is 2.73 bits per heavy atom. The fourth-order valence-electron chi connectivity index (χ4n) is 1.35. The summed E-state index contributed by atoms with van der Waals surface area (Å²) >= 11 is 0. The van der Waals surface area contributed by atoms with Crippen molar-refractivity contribution in [2.45, 2.75) is 26.7 Å². The van der Waals surface area contributed by atoms with Gasteiger partial charge in [-0.2, -0.15) is 0 Å². The maximum Gasteiger partial charge on any atom is 0.237 e. The van der Waals surface area contributed by atoms with Crippen molar-refractivity contribution in [1.82, 2.24) is 0 Å². The Kier molecular flexibility index (Phi) is 4.88. The van der Waals surface area contributed by atoms with E-state index in [0.29, 0.717) is 23.8 Å². The van der Waals surface area contributed by atoms with Crippen molar-refractivity contribution < 1.29 is 9.53 Å².